The summed E-state index contributed by atoms with van der Waals surface area (Å²) in [5, 5.41) is 7.79. The van der Waals surface area contributed by atoms with Crippen LogP contribution in [0.25, 0.3) is 5.82 Å². The van der Waals surface area contributed by atoms with Gasteiger partial charge in [0.2, 0.25) is 0 Å². The maximum Gasteiger partial charge on any atom is 0.194 e. The summed E-state index contributed by atoms with van der Waals surface area (Å²) < 4.78 is 2.23. The van der Waals surface area contributed by atoms with Gasteiger partial charge in [-0.3, -0.25) is 0 Å². The molecule has 1 saturated carbocycles. The zero-order valence-electron chi connectivity index (χ0n) is 16.7. The summed E-state index contributed by atoms with van der Waals surface area (Å²) >= 11 is 2.20. The average molecular weight is 399 g/mol. The van der Waals surface area contributed by atoms with Crippen molar-refractivity contribution >= 4 is 17.7 Å². The molecule has 0 amide bonds. The molecule has 28 heavy (non-hydrogen) atoms. The lowest BCUT2D eigenvalue weighted by atomic mass is 9.87. The van der Waals surface area contributed by atoms with E-state index in [1.165, 1.54) is 37.9 Å². The van der Waals surface area contributed by atoms with Crippen LogP contribution in [0, 0.1) is 0 Å². The molecule has 0 unspecified atom stereocenters. The van der Waals surface area contributed by atoms with E-state index in [4.69, 9.17) is 4.99 Å². The Hall–Kier alpha value is -2.02. The second-order valence-electron chi connectivity index (χ2n) is 7.66. The summed E-state index contributed by atoms with van der Waals surface area (Å²) in [6.45, 7) is 5.89. The number of guanidine groups is 1. The van der Waals surface area contributed by atoms with E-state index < -0.39 is 0 Å². The van der Waals surface area contributed by atoms with Crippen molar-refractivity contribution in [3.63, 3.8) is 0 Å². The van der Waals surface area contributed by atoms with Gasteiger partial charge in [0, 0.05) is 48.7 Å². The highest BCUT2D eigenvalue weighted by Crippen LogP contribution is 2.42. The lowest BCUT2D eigenvalue weighted by Gasteiger charge is -2.45. The van der Waals surface area contributed by atoms with Gasteiger partial charge in [0.1, 0.15) is 0 Å². The van der Waals surface area contributed by atoms with Crippen LogP contribution < -0.4 is 5.32 Å². The van der Waals surface area contributed by atoms with Crippen molar-refractivity contribution < 1.29 is 0 Å². The maximum atomic E-state index is 4.97. The molecule has 7 heteroatoms. The molecular weight excluding hydrogens is 368 g/mol. The number of nitrogens with one attached hydrogen (secondary N) is 1. The van der Waals surface area contributed by atoms with Crippen molar-refractivity contribution in [2.75, 3.05) is 25.4 Å². The zero-order valence-corrected chi connectivity index (χ0v) is 17.5. The minimum absolute atomic E-state index is 0.441. The fourth-order valence-electron chi connectivity index (χ4n) is 4.20. The molecule has 2 fully saturated rings. The van der Waals surface area contributed by atoms with Crippen LogP contribution in [0.15, 0.2) is 41.8 Å². The molecule has 150 valence electrons. The third kappa shape index (κ3) is 4.51. The molecular formula is C21H30N6S. The van der Waals surface area contributed by atoms with Crippen LogP contribution in [0.4, 0.5) is 0 Å². The molecule has 0 atom stereocenters. The van der Waals surface area contributed by atoms with Gasteiger partial charge in [0.15, 0.2) is 11.8 Å². The van der Waals surface area contributed by atoms with Crippen molar-refractivity contribution in [3.8, 4) is 5.82 Å². The highest BCUT2D eigenvalue weighted by Gasteiger charge is 2.38. The van der Waals surface area contributed by atoms with E-state index in [9.17, 15) is 0 Å². The van der Waals surface area contributed by atoms with Crippen LogP contribution >= 0.6 is 11.8 Å². The molecule has 0 bridgehead atoms. The Bertz CT molecular complexity index is 776. The Morgan fingerprint density at radius 3 is 2.96 bits per heavy atom. The molecule has 0 aromatic carbocycles. The minimum atomic E-state index is 0.441. The molecule has 2 aliphatic rings. The van der Waals surface area contributed by atoms with Gasteiger partial charge in [0.25, 0.3) is 0 Å². The quantitative estimate of drug-likeness (QED) is 0.631. The van der Waals surface area contributed by atoms with Crippen LogP contribution in [0.2, 0.25) is 0 Å². The average Bonchev–Trinajstić information content (AvgIpc) is 3.27. The first-order valence-corrected chi connectivity index (χ1v) is 11.4. The van der Waals surface area contributed by atoms with Gasteiger partial charge in [0.05, 0.1) is 6.54 Å². The molecule has 0 radical (unpaired) electrons. The van der Waals surface area contributed by atoms with E-state index in [1.54, 1.807) is 10.9 Å². The number of nitrogens with zero attached hydrogens (tertiary/aromatic N) is 5. The summed E-state index contributed by atoms with van der Waals surface area (Å²) in [5.74, 6) is 3.08. The fraction of sp³-hybridized carbons (Fsp3) is 0.571. The smallest absolute Gasteiger partial charge is 0.194 e. The molecule has 3 heterocycles. The summed E-state index contributed by atoms with van der Waals surface area (Å²) in [4.78, 5) is 11.9. The highest BCUT2D eigenvalue weighted by atomic mass is 32.2. The second kappa shape index (κ2) is 8.99. The first-order valence-electron chi connectivity index (χ1n) is 10.4. The topological polar surface area (TPSA) is 58.3 Å². The third-order valence-corrected chi connectivity index (χ3v) is 7.14. The van der Waals surface area contributed by atoms with Gasteiger partial charge in [-0.25, -0.2) is 14.7 Å². The Labute approximate surface area is 171 Å². The van der Waals surface area contributed by atoms with Crippen LogP contribution in [0.3, 0.4) is 0 Å². The monoisotopic (exact) mass is 398 g/mol. The molecule has 1 aliphatic heterocycles. The van der Waals surface area contributed by atoms with Crippen molar-refractivity contribution in [1.29, 1.82) is 0 Å². The molecule has 1 aliphatic carbocycles. The number of aromatic nitrogens is 3. The van der Waals surface area contributed by atoms with Gasteiger partial charge in [-0.1, -0.05) is 19.3 Å². The van der Waals surface area contributed by atoms with E-state index in [0.717, 1.165) is 37.0 Å². The molecule has 4 rings (SSSR count). The van der Waals surface area contributed by atoms with Gasteiger partial charge >= 0.3 is 0 Å². The largest absolute Gasteiger partial charge is 0.357 e. The standard InChI is InChI=1S/C21H30N6S/c1-2-22-20(26-13-14-28-21(17-26)8-4-3-5-9-21)24-16-18-7-11-23-19(15-18)27-12-6-10-25-27/h6-7,10-12,15H,2-5,8-9,13-14,16-17H2,1H3,(H,22,24). The lowest BCUT2D eigenvalue weighted by Crippen LogP contribution is -2.53. The van der Waals surface area contributed by atoms with Crippen molar-refractivity contribution in [2.24, 2.45) is 4.99 Å². The van der Waals surface area contributed by atoms with Crippen LogP contribution in [0.5, 0.6) is 0 Å². The van der Waals surface area contributed by atoms with E-state index >= 15 is 0 Å². The summed E-state index contributed by atoms with van der Waals surface area (Å²) in [7, 11) is 0. The maximum absolute atomic E-state index is 4.97. The first-order chi connectivity index (χ1) is 13.8. The number of aliphatic imine (C=N–C) groups is 1. The Morgan fingerprint density at radius 2 is 2.18 bits per heavy atom. The highest BCUT2D eigenvalue weighted by molar-refractivity contribution is 8.00. The van der Waals surface area contributed by atoms with Gasteiger partial charge in [-0.15, -0.1) is 0 Å². The summed E-state index contributed by atoms with van der Waals surface area (Å²) in [5.41, 5.74) is 1.15. The van der Waals surface area contributed by atoms with Gasteiger partial charge in [-0.2, -0.15) is 16.9 Å². The summed E-state index contributed by atoms with van der Waals surface area (Å²) in [6, 6.07) is 6.01. The van der Waals surface area contributed by atoms with Crippen molar-refractivity contribution in [1.82, 2.24) is 25.0 Å². The third-order valence-electron chi connectivity index (χ3n) is 5.61. The minimum Gasteiger partial charge on any atom is -0.357 e. The molecule has 1 saturated heterocycles. The summed E-state index contributed by atoms with van der Waals surface area (Å²) in [6.07, 6.45) is 12.4. The van der Waals surface area contributed by atoms with Crippen LogP contribution in [0.1, 0.15) is 44.6 Å². The van der Waals surface area contributed by atoms with E-state index in [1.807, 2.05) is 24.5 Å². The van der Waals surface area contributed by atoms with Crippen LogP contribution in [-0.4, -0.2) is 55.8 Å². The first kappa shape index (κ1) is 19.3. The van der Waals surface area contributed by atoms with E-state index in [0.29, 0.717) is 11.3 Å². The Morgan fingerprint density at radius 1 is 1.29 bits per heavy atom. The van der Waals surface area contributed by atoms with Crippen molar-refractivity contribution in [3.05, 3.63) is 42.4 Å². The molecule has 1 N–H and O–H groups in total. The van der Waals surface area contributed by atoms with E-state index in [2.05, 4.69) is 45.1 Å². The zero-order chi connectivity index (χ0) is 19.2. The number of hydrogen-bond acceptors (Lipinski definition) is 4. The normalized spacial score (nSPS) is 19.8. The fourth-order valence-corrected chi connectivity index (χ4v) is 5.77. The van der Waals surface area contributed by atoms with Gasteiger partial charge < -0.3 is 10.2 Å². The predicted octanol–water partition coefficient (Wildman–Crippen LogP) is 3.48. The van der Waals surface area contributed by atoms with Gasteiger partial charge in [-0.05, 0) is 43.5 Å². The molecule has 2 aromatic rings. The molecule has 1 spiro atoms. The number of rotatable bonds is 4. The number of thioether (sulfide) groups is 1. The second-order valence-corrected chi connectivity index (χ2v) is 9.22. The van der Waals surface area contributed by atoms with Crippen LogP contribution in [-0.2, 0) is 6.54 Å². The SMILES string of the molecule is CCNC(=NCc1ccnc(-n2cccn2)c1)N1CCSC2(CCCCC2)C1. The lowest BCUT2D eigenvalue weighted by molar-refractivity contribution is 0.293. The number of hydrogen-bond donors (Lipinski definition) is 1. The molecule has 6 nitrogen and oxygen atoms in total. The Kier molecular flexibility index (Phi) is 6.20. The van der Waals surface area contributed by atoms with E-state index in [-0.39, 0.29) is 0 Å². The predicted molar refractivity (Wildman–Crippen MR) is 116 cm³/mol. The number of pyridine rings is 1. The van der Waals surface area contributed by atoms with Crippen molar-refractivity contribution in [2.45, 2.75) is 50.3 Å². The Balaban J connectivity index is 1.48. The molecule has 2 aromatic heterocycles.